The number of carbonyl (C=O) groups is 2. The van der Waals surface area contributed by atoms with E-state index in [0.29, 0.717) is 6.54 Å². The molecule has 25 heavy (non-hydrogen) atoms. The van der Waals surface area contributed by atoms with Gasteiger partial charge in [-0.1, -0.05) is 30.3 Å². The lowest BCUT2D eigenvalue weighted by molar-refractivity contribution is -0.126. The van der Waals surface area contributed by atoms with E-state index in [2.05, 4.69) is 5.32 Å². The molecule has 0 saturated carbocycles. The molecule has 1 heterocycles. The predicted octanol–water partition coefficient (Wildman–Crippen LogP) is 2.77. The Bertz CT molecular complexity index is 811. The normalized spacial score (nSPS) is 17.0. The fraction of sp³-hybridized carbons (Fsp3) is 0.222. The molecule has 130 valence electrons. The summed E-state index contributed by atoms with van der Waals surface area (Å²) in [5.74, 6) is -5.93. The maximum absolute atomic E-state index is 13.9. The SMILES string of the molecule is O=C(NCc1ccccc1)C1CC(=O)N(c2ccc(F)c(F)c2F)C1. The molecule has 1 fully saturated rings. The van der Waals surface area contributed by atoms with Crippen LogP contribution in [0.1, 0.15) is 12.0 Å². The molecule has 1 atom stereocenters. The summed E-state index contributed by atoms with van der Waals surface area (Å²) in [6.07, 6.45) is -0.112. The van der Waals surface area contributed by atoms with Crippen molar-refractivity contribution < 1.29 is 22.8 Å². The first-order chi connectivity index (χ1) is 12.0. The van der Waals surface area contributed by atoms with Gasteiger partial charge in [0.05, 0.1) is 11.6 Å². The van der Waals surface area contributed by atoms with Gasteiger partial charge in [0.25, 0.3) is 0 Å². The molecular weight excluding hydrogens is 333 g/mol. The molecule has 0 bridgehead atoms. The number of halogens is 3. The van der Waals surface area contributed by atoms with Crippen molar-refractivity contribution >= 4 is 17.5 Å². The van der Waals surface area contributed by atoms with Crippen LogP contribution in [0.4, 0.5) is 18.9 Å². The first-order valence-electron chi connectivity index (χ1n) is 7.73. The van der Waals surface area contributed by atoms with Crippen LogP contribution in [0.2, 0.25) is 0 Å². The molecule has 2 aromatic carbocycles. The van der Waals surface area contributed by atoms with Crippen molar-refractivity contribution in [2.24, 2.45) is 5.92 Å². The van der Waals surface area contributed by atoms with E-state index in [9.17, 15) is 22.8 Å². The molecule has 0 aliphatic carbocycles. The molecular formula is C18H15F3N2O2. The van der Waals surface area contributed by atoms with Crippen LogP contribution in [0.15, 0.2) is 42.5 Å². The molecule has 2 aromatic rings. The van der Waals surface area contributed by atoms with Crippen LogP contribution in [-0.4, -0.2) is 18.4 Å². The maximum atomic E-state index is 13.9. The predicted molar refractivity (Wildman–Crippen MR) is 85.1 cm³/mol. The van der Waals surface area contributed by atoms with Gasteiger partial charge in [-0.25, -0.2) is 13.2 Å². The van der Waals surface area contributed by atoms with Crippen LogP contribution < -0.4 is 10.2 Å². The molecule has 0 aromatic heterocycles. The molecule has 1 N–H and O–H groups in total. The number of rotatable bonds is 4. The van der Waals surface area contributed by atoms with Gasteiger partial charge in [-0.05, 0) is 17.7 Å². The summed E-state index contributed by atoms with van der Waals surface area (Å²) in [7, 11) is 0. The molecule has 1 aliphatic rings. The van der Waals surface area contributed by atoms with Crippen LogP contribution in [0.25, 0.3) is 0 Å². The van der Waals surface area contributed by atoms with Gasteiger partial charge in [0.1, 0.15) is 0 Å². The topological polar surface area (TPSA) is 49.4 Å². The highest BCUT2D eigenvalue weighted by Crippen LogP contribution is 2.29. The van der Waals surface area contributed by atoms with E-state index in [1.807, 2.05) is 30.3 Å². The molecule has 3 rings (SSSR count). The Morgan fingerprint density at radius 1 is 1.08 bits per heavy atom. The first-order valence-corrected chi connectivity index (χ1v) is 7.73. The zero-order valence-electron chi connectivity index (χ0n) is 13.1. The highest BCUT2D eigenvalue weighted by molar-refractivity contribution is 6.00. The molecule has 1 saturated heterocycles. The number of nitrogens with zero attached hydrogens (tertiary/aromatic N) is 1. The fourth-order valence-electron chi connectivity index (χ4n) is 2.77. The van der Waals surface area contributed by atoms with E-state index < -0.39 is 29.3 Å². The summed E-state index contributed by atoms with van der Waals surface area (Å²) in [5.41, 5.74) is 0.547. The lowest BCUT2D eigenvalue weighted by Crippen LogP contribution is -2.33. The lowest BCUT2D eigenvalue weighted by Gasteiger charge is -2.17. The van der Waals surface area contributed by atoms with Gasteiger partial charge in [-0.15, -0.1) is 0 Å². The van der Waals surface area contributed by atoms with E-state index in [1.54, 1.807) is 0 Å². The number of hydrogen-bond donors (Lipinski definition) is 1. The first kappa shape index (κ1) is 17.0. The molecule has 7 heteroatoms. The summed E-state index contributed by atoms with van der Waals surface area (Å²) >= 11 is 0. The second-order valence-electron chi connectivity index (χ2n) is 5.80. The molecule has 1 unspecified atom stereocenters. The Hall–Kier alpha value is -2.83. The molecule has 2 amide bonds. The van der Waals surface area contributed by atoms with Crippen molar-refractivity contribution in [1.82, 2.24) is 5.32 Å². The minimum atomic E-state index is -1.64. The van der Waals surface area contributed by atoms with Gasteiger partial charge in [0.2, 0.25) is 11.8 Å². The van der Waals surface area contributed by atoms with Crippen molar-refractivity contribution in [1.29, 1.82) is 0 Å². The molecule has 4 nitrogen and oxygen atoms in total. The van der Waals surface area contributed by atoms with Crippen LogP contribution in [-0.2, 0) is 16.1 Å². The van der Waals surface area contributed by atoms with E-state index in [4.69, 9.17) is 0 Å². The quantitative estimate of drug-likeness (QED) is 0.864. The van der Waals surface area contributed by atoms with Gasteiger partial charge in [-0.2, -0.15) is 0 Å². The third-order valence-corrected chi connectivity index (χ3v) is 4.11. The van der Waals surface area contributed by atoms with Gasteiger partial charge < -0.3 is 10.2 Å². The van der Waals surface area contributed by atoms with E-state index in [0.717, 1.165) is 22.6 Å². The number of benzene rings is 2. The van der Waals surface area contributed by atoms with Gasteiger partial charge in [0, 0.05) is 19.5 Å². The minimum absolute atomic E-state index is 0.0819. The molecule has 1 aliphatic heterocycles. The fourth-order valence-corrected chi connectivity index (χ4v) is 2.77. The van der Waals surface area contributed by atoms with Gasteiger partial charge in [0.15, 0.2) is 17.5 Å². The third-order valence-electron chi connectivity index (χ3n) is 4.11. The Morgan fingerprint density at radius 2 is 1.80 bits per heavy atom. The Kier molecular flexibility index (Phi) is 4.74. The van der Waals surface area contributed by atoms with E-state index >= 15 is 0 Å². The van der Waals surface area contributed by atoms with Crippen LogP contribution in [0.5, 0.6) is 0 Å². The lowest BCUT2D eigenvalue weighted by atomic mass is 10.1. The van der Waals surface area contributed by atoms with Crippen molar-refractivity contribution in [3.05, 3.63) is 65.5 Å². The average molecular weight is 348 g/mol. The summed E-state index contributed by atoms with van der Waals surface area (Å²) in [4.78, 5) is 25.3. The summed E-state index contributed by atoms with van der Waals surface area (Å²) in [6, 6.07) is 11.0. The highest BCUT2D eigenvalue weighted by Gasteiger charge is 2.36. The van der Waals surface area contributed by atoms with Crippen molar-refractivity contribution in [2.75, 3.05) is 11.4 Å². The highest BCUT2D eigenvalue weighted by atomic mass is 19.2. The van der Waals surface area contributed by atoms with Crippen molar-refractivity contribution in [3.63, 3.8) is 0 Å². The molecule has 0 radical (unpaired) electrons. The monoisotopic (exact) mass is 348 g/mol. The van der Waals surface area contributed by atoms with E-state index in [1.165, 1.54) is 0 Å². The van der Waals surface area contributed by atoms with Gasteiger partial charge >= 0.3 is 0 Å². The zero-order chi connectivity index (χ0) is 18.0. The Balaban J connectivity index is 1.68. The second kappa shape index (κ2) is 6.96. The Labute approximate surface area is 142 Å². The van der Waals surface area contributed by atoms with Gasteiger partial charge in [-0.3, -0.25) is 9.59 Å². The van der Waals surface area contributed by atoms with Crippen molar-refractivity contribution in [2.45, 2.75) is 13.0 Å². The van der Waals surface area contributed by atoms with E-state index in [-0.39, 0.29) is 24.6 Å². The summed E-state index contributed by atoms with van der Waals surface area (Å²) in [6.45, 7) is 0.228. The summed E-state index contributed by atoms with van der Waals surface area (Å²) < 4.78 is 40.3. The van der Waals surface area contributed by atoms with Crippen LogP contribution in [0, 0.1) is 23.4 Å². The number of nitrogens with one attached hydrogen (secondary N) is 1. The largest absolute Gasteiger partial charge is 0.352 e. The zero-order valence-corrected chi connectivity index (χ0v) is 13.1. The van der Waals surface area contributed by atoms with Crippen LogP contribution in [0.3, 0.4) is 0 Å². The smallest absolute Gasteiger partial charge is 0.227 e. The number of carbonyl (C=O) groups excluding carboxylic acids is 2. The number of hydrogen-bond acceptors (Lipinski definition) is 2. The number of amides is 2. The van der Waals surface area contributed by atoms with Crippen LogP contribution >= 0.6 is 0 Å². The Morgan fingerprint density at radius 3 is 2.52 bits per heavy atom. The third kappa shape index (κ3) is 3.50. The number of anilines is 1. The summed E-state index contributed by atoms with van der Waals surface area (Å²) in [5, 5.41) is 2.72. The van der Waals surface area contributed by atoms with Crippen molar-refractivity contribution in [3.8, 4) is 0 Å². The molecule has 0 spiro atoms. The second-order valence-corrected chi connectivity index (χ2v) is 5.80. The standard InChI is InChI=1S/C18H15F3N2O2/c19-13-6-7-14(17(21)16(13)20)23-10-12(8-15(23)24)18(25)22-9-11-4-2-1-3-5-11/h1-7,12H,8-10H2,(H,22,25). The maximum Gasteiger partial charge on any atom is 0.227 e. The minimum Gasteiger partial charge on any atom is -0.352 e. The average Bonchev–Trinajstić information content (AvgIpc) is 3.00.